The summed E-state index contributed by atoms with van der Waals surface area (Å²) in [6.07, 6.45) is 1.79. The minimum Gasteiger partial charge on any atom is -0.493 e. The number of nitrogens with one attached hydrogen (secondary N) is 1. The summed E-state index contributed by atoms with van der Waals surface area (Å²) in [6.45, 7) is 0.306. The number of anilines is 1. The van der Waals surface area contributed by atoms with E-state index in [-0.39, 0.29) is 35.8 Å². The highest BCUT2D eigenvalue weighted by molar-refractivity contribution is 14.0. The molecule has 0 amide bonds. The first-order chi connectivity index (χ1) is 13.1. The van der Waals surface area contributed by atoms with E-state index in [4.69, 9.17) is 15.2 Å². The number of ether oxygens (including phenoxy) is 2. The average Bonchev–Trinajstić information content (AvgIpc) is 3.16. The summed E-state index contributed by atoms with van der Waals surface area (Å²) < 4.78 is 25.1. The molecule has 0 atom stereocenters. The molecule has 1 heterocycles. The third-order valence-electron chi connectivity index (χ3n) is 3.80. The highest BCUT2D eigenvalue weighted by atomic mass is 127. The molecule has 0 aliphatic carbocycles. The SMILES string of the molecule is COc1ccc(NC(N)=NCc2ccn(-c3ccc(F)cc3)n2)cc1OC.I. The summed E-state index contributed by atoms with van der Waals surface area (Å²) in [5.41, 5.74) is 8.17. The van der Waals surface area contributed by atoms with E-state index in [0.29, 0.717) is 18.0 Å². The monoisotopic (exact) mass is 497 g/mol. The predicted octanol–water partition coefficient (Wildman–Crippen LogP) is 3.57. The van der Waals surface area contributed by atoms with E-state index < -0.39 is 0 Å². The summed E-state index contributed by atoms with van der Waals surface area (Å²) in [7, 11) is 3.14. The molecule has 3 rings (SSSR count). The molecular formula is C19H21FIN5O2. The molecule has 28 heavy (non-hydrogen) atoms. The molecule has 148 valence electrons. The average molecular weight is 497 g/mol. The van der Waals surface area contributed by atoms with Gasteiger partial charge < -0.3 is 20.5 Å². The molecule has 0 spiro atoms. The van der Waals surface area contributed by atoms with Crippen LogP contribution in [0.3, 0.4) is 0 Å². The van der Waals surface area contributed by atoms with Crippen LogP contribution in [0.15, 0.2) is 59.7 Å². The van der Waals surface area contributed by atoms with Gasteiger partial charge in [-0.2, -0.15) is 5.10 Å². The van der Waals surface area contributed by atoms with Crippen LogP contribution in [0, 0.1) is 5.82 Å². The number of methoxy groups -OCH3 is 2. The Morgan fingerprint density at radius 1 is 1.11 bits per heavy atom. The topological polar surface area (TPSA) is 86.7 Å². The van der Waals surface area contributed by atoms with Crippen LogP contribution in [0.2, 0.25) is 0 Å². The molecule has 0 saturated heterocycles. The molecule has 3 aromatic rings. The molecule has 1 aromatic heterocycles. The van der Waals surface area contributed by atoms with Gasteiger partial charge in [0.1, 0.15) is 5.82 Å². The maximum absolute atomic E-state index is 13.0. The Balaban J connectivity index is 0.00000280. The second-order valence-electron chi connectivity index (χ2n) is 5.62. The number of hydrogen-bond donors (Lipinski definition) is 2. The van der Waals surface area contributed by atoms with Gasteiger partial charge in [-0.25, -0.2) is 14.1 Å². The summed E-state index contributed by atoms with van der Waals surface area (Å²) in [6, 6.07) is 13.3. The van der Waals surface area contributed by atoms with Crippen molar-refractivity contribution in [2.75, 3.05) is 19.5 Å². The molecule has 7 nitrogen and oxygen atoms in total. The van der Waals surface area contributed by atoms with Crippen molar-refractivity contribution in [2.45, 2.75) is 6.54 Å². The van der Waals surface area contributed by atoms with E-state index >= 15 is 0 Å². The third-order valence-corrected chi connectivity index (χ3v) is 3.80. The van der Waals surface area contributed by atoms with Crippen molar-refractivity contribution in [2.24, 2.45) is 10.7 Å². The molecular weight excluding hydrogens is 476 g/mol. The lowest BCUT2D eigenvalue weighted by molar-refractivity contribution is 0.355. The minimum atomic E-state index is -0.287. The van der Waals surface area contributed by atoms with Crippen molar-refractivity contribution in [1.82, 2.24) is 9.78 Å². The number of aliphatic imine (C=N–C) groups is 1. The molecule has 0 radical (unpaired) electrons. The van der Waals surface area contributed by atoms with Gasteiger partial charge >= 0.3 is 0 Å². The first-order valence-electron chi connectivity index (χ1n) is 8.18. The van der Waals surface area contributed by atoms with E-state index in [9.17, 15) is 4.39 Å². The van der Waals surface area contributed by atoms with E-state index in [0.717, 1.165) is 17.1 Å². The Kier molecular flexibility index (Phi) is 7.61. The van der Waals surface area contributed by atoms with Gasteiger partial charge in [-0.3, -0.25) is 0 Å². The second-order valence-corrected chi connectivity index (χ2v) is 5.62. The Morgan fingerprint density at radius 2 is 1.82 bits per heavy atom. The molecule has 0 bridgehead atoms. The van der Waals surface area contributed by atoms with E-state index in [1.54, 1.807) is 49.4 Å². The number of rotatable bonds is 6. The van der Waals surface area contributed by atoms with E-state index in [1.807, 2.05) is 12.1 Å². The molecule has 0 aliphatic heterocycles. The molecule has 0 aliphatic rings. The Hall–Kier alpha value is -2.82. The van der Waals surface area contributed by atoms with Crippen LogP contribution in [-0.4, -0.2) is 30.0 Å². The number of halogens is 2. The van der Waals surface area contributed by atoms with Crippen LogP contribution < -0.4 is 20.5 Å². The molecule has 0 saturated carbocycles. The summed E-state index contributed by atoms with van der Waals surface area (Å²) >= 11 is 0. The van der Waals surface area contributed by atoms with Crippen molar-refractivity contribution >= 4 is 35.6 Å². The largest absolute Gasteiger partial charge is 0.493 e. The molecule has 9 heteroatoms. The summed E-state index contributed by atoms with van der Waals surface area (Å²) in [5.74, 6) is 1.18. The number of aromatic nitrogens is 2. The van der Waals surface area contributed by atoms with Gasteiger partial charge in [-0.1, -0.05) is 0 Å². The van der Waals surface area contributed by atoms with Crippen LogP contribution in [0.25, 0.3) is 5.69 Å². The smallest absolute Gasteiger partial charge is 0.193 e. The van der Waals surface area contributed by atoms with Crippen molar-refractivity contribution in [3.05, 3.63) is 66.2 Å². The minimum absolute atomic E-state index is 0. The van der Waals surface area contributed by atoms with Crippen LogP contribution in [0.4, 0.5) is 10.1 Å². The summed E-state index contributed by atoms with van der Waals surface area (Å²) in [5, 5.41) is 7.41. The fourth-order valence-electron chi connectivity index (χ4n) is 2.45. The van der Waals surface area contributed by atoms with E-state index in [1.165, 1.54) is 12.1 Å². The third kappa shape index (κ3) is 5.35. The van der Waals surface area contributed by atoms with Crippen molar-refractivity contribution in [3.63, 3.8) is 0 Å². The van der Waals surface area contributed by atoms with Gasteiger partial charge in [0.15, 0.2) is 17.5 Å². The maximum Gasteiger partial charge on any atom is 0.193 e. The van der Waals surface area contributed by atoms with Gasteiger partial charge in [0.25, 0.3) is 0 Å². The molecule has 0 fully saturated rings. The number of hydrogen-bond acceptors (Lipinski definition) is 4. The highest BCUT2D eigenvalue weighted by Crippen LogP contribution is 2.29. The Labute approximate surface area is 179 Å². The lowest BCUT2D eigenvalue weighted by Gasteiger charge is -2.10. The number of guanidine groups is 1. The standard InChI is InChI=1S/C19H20FN5O2.HI/c1-26-17-8-5-14(11-18(17)27-2)23-19(21)22-12-15-9-10-25(24-15)16-6-3-13(20)4-7-16;/h3-11H,12H2,1-2H3,(H3,21,22,23);1H. The molecule has 0 unspecified atom stereocenters. The van der Waals surface area contributed by atoms with Crippen LogP contribution >= 0.6 is 24.0 Å². The van der Waals surface area contributed by atoms with Crippen LogP contribution in [0.1, 0.15) is 5.69 Å². The fourth-order valence-corrected chi connectivity index (χ4v) is 2.45. The number of nitrogens with two attached hydrogens (primary N) is 1. The molecule has 3 N–H and O–H groups in total. The van der Waals surface area contributed by atoms with Crippen molar-refractivity contribution in [3.8, 4) is 17.2 Å². The predicted molar refractivity (Wildman–Crippen MR) is 117 cm³/mol. The first-order valence-corrected chi connectivity index (χ1v) is 8.18. The fraction of sp³-hybridized carbons (Fsp3) is 0.158. The van der Waals surface area contributed by atoms with Gasteiger partial charge in [0.05, 0.1) is 32.1 Å². The lowest BCUT2D eigenvalue weighted by Crippen LogP contribution is -2.22. The first kappa shape index (κ1) is 21.5. The zero-order chi connectivity index (χ0) is 19.2. The van der Waals surface area contributed by atoms with Crippen molar-refractivity contribution in [1.29, 1.82) is 0 Å². The number of nitrogens with zero attached hydrogens (tertiary/aromatic N) is 3. The lowest BCUT2D eigenvalue weighted by atomic mass is 10.3. The van der Waals surface area contributed by atoms with Gasteiger partial charge in [0, 0.05) is 18.0 Å². The van der Waals surface area contributed by atoms with Gasteiger partial charge in [-0.05, 0) is 42.5 Å². The quantitative estimate of drug-likeness (QED) is 0.309. The van der Waals surface area contributed by atoms with Crippen LogP contribution in [-0.2, 0) is 6.54 Å². The van der Waals surface area contributed by atoms with Crippen LogP contribution in [0.5, 0.6) is 11.5 Å². The van der Waals surface area contributed by atoms with E-state index in [2.05, 4.69) is 15.4 Å². The Bertz CT molecular complexity index is 944. The van der Waals surface area contributed by atoms with Gasteiger partial charge in [0.2, 0.25) is 0 Å². The molecule has 2 aromatic carbocycles. The number of benzene rings is 2. The van der Waals surface area contributed by atoms with Gasteiger partial charge in [-0.15, -0.1) is 24.0 Å². The summed E-state index contributed by atoms with van der Waals surface area (Å²) in [4.78, 5) is 4.28. The van der Waals surface area contributed by atoms with Crippen molar-refractivity contribution < 1.29 is 13.9 Å². The maximum atomic E-state index is 13.0. The second kappa shape index (κ2) is 9.93. The zero-order valence-electron chi connectivity index (χ0n) is 15.4. The highest BCUT2D eigenvalue weighted by Gasteiger charge is 2.06. The Morgan fingerprint density at radius 3 is 2.50 bits per heavy atom. The zero-order valence-corrected chi connectivity index (χ0v) is 17.8. The normalized spacial score (nSPS) is 10.9.